The molecular weight excluding hydrogens is 333 g/mol. The van der Waals surface area contributed by atoms with Crippen LogP contribution < -0.4 is 19.5 Å². The molecule has 2 aromatic carbocycles. The maximum atomic E-state index is 14.5. The lowest BCUT2D eigenvalue weighted by Crippen LogP contribution is -2.29. The van der Waals surface area contributed by atoms with Gasteiger partial charge in [-0.15, -0.1) is 0 Å². The minimum absolute atomic E-state index is 0.0480. The monoisotopic (exact) mass is 355 g/mol. The first-order chi connectivity index (χ1) is 12.7. The highest BCUT2D eigenvalue weighted by Crippen LogP contribution is 2.52. The molecular formula is C21H22FNO3. The highest BCUT2D eigenvalue weighted by molar-refractivity contribution is 5.62. The Hall–Kier alpha value is -2.69. The van der Waals surface area contributed by atoms with Crippen molar-refractivity contribution >= 4 is 5.69 Å². The van der Waals surface area contributed by atoms with Gasteiger partial charge < -0.3 is 19.5 Å². The quantitative estimate of drug-likeness (QED) is 0.809. The Morgan fingerprint density at radius 3 is 2.42 bits per heavy atom. The molecule has 1 heterocycles. The molecule has 0 saturated heterocycles. The normalized spacial score (nSPS) is 23.0. The number of rotatable bonds is 4. The van der Waals surface area contributed by atoms with Crippen LogP contribution >= 0.6 is 0 Å². The summed E-state index contributed by atoms with van der Waals surface area (Å²) in [6.45, 7) is 0. The summed E-state index contributed by atoms with van der Waals surface area (Å²) in [4.78, 5) is 0. The van der Waals surface area contributed by atoms with Crippen molar-refractivity contribution in [1.29, 1.82) is 0 Å². The molecule has 4 nitrogen and oxygen atoms in total. The molecule has 3 atom stereocenters. The van der Waals surface area contributed by atoms with E-state index in [1.54, 1.807) is 27.4 Å². The second-order valence-electron chi connectivity index (χ2n) is 6.64. The summed E-state index contributed by atoms with van der Waals surface area (Å²) < 4.78 is 30.9. The standard InChI is InChI=1S/C21H22FNO3/c1-24-17-10-12(11-18(25-2)21(17)26-3)19-14-7-4-6-13(14)15-8-5-9-16(22)20(15)23-19/h4-6,8-11,13-14,19,23H,7H2,1-3H3. The molecule has 1 N–H and O–H groups in total. The molecule has 1 aliphatic carbocycles. The number of methoxy groups -OCH3 is 3. The summed E-state index contributed by atoms with van der Waals surface area (Å²) in [6.07, 6.45) is 5.31. The Labute approximate surface area is 152 Å². The summed E-state index contributed by atoms with van der Waals surface area (Å²) in [6, 6.07) is 9.12. The van der Waals surface area contributed by atoms with Crippen molar-refractivity contribution < 1.29 is 18.6 Å². The Balaban J connectivity index is 1.82. The Morgan fingerprint density at radius 2 is 1.77 bits per heavy atom. The van der Waals surface area contributed by atoms with Crippen molar-refractivity contribution in [3.05, 3.63) is 59.4 Å². The first-order valence-electron chi connectivity index (χ1n) is 8.69. The number of anilines is 1. The smallest absolute Gasteiger partial charge is 0.203 e. The zero-order valence-electron chi connectivity index (χ0n) is 15.1. The van der Waals surface area contributed by atoms with Crippen molar-refractivity contribution in [3.8, 4) is 17.2 Å². The molecule has 0 saturated carbocycles. The van der Waals surface area contributed by atoms with Crippen LogP contribution in [0.3, 0.4) is 0 Å². The molecule has 0 bridgehead atoms. The van der Waals surface area contributed by atoms with Crippen molar-refractivity contribution in [3.63, 3.8) is 0 Å². The summed E-state index contributed by atoms with van der Waals surface area (Å²) in [5, 5.41) is 3.43. The van der Waals surface area contributed by atoms with E-state index in [-0.39, 0.29) is 17.8 Å². The van der Waals surface area contributed by atoms with Crippen LogP contribution in [0.1, 0.15) is 29.5 Å². The number of benzene rings is 2. The molecule has 26 heavy (non-hydrogen) atoms. The number of para-hydroxylation sites is 1. The summed E-state index contributed by atoms with van der Waals surface area (Å²) in [5.74, 6) is 2.05. The highest BCUT2D eigenvalue weighted by atomic mass is 19.1. The predicted octanol–water partition coefficient (Wildman–Crippen LogP) is 4.68. The molecule has 136 valence electrons. The van der Waals surface area contributed by atoms with E-state index >= 15 is 0 Å². The first-order valence-corrected chi connectivity index (χ1v) is 8.69. The fourth-order valence-electron chi connectivity index (χ4n) is 4.19. The molecule has 5 heteroatoms. The zero-order chi connectivity index (χ0) is 18.3. The van der Waals surface area contributed by atoms with Gasteiger partial charge >= 0.3 is 0 Å². The molecule has 0 aromatic heterocycles. The van der Waals surface area contributed by atoms with E-state index < -0.39 is 0 Å². The molecule has 0 fully saturated rings. The van der Waals surface area contributed by atoms with Crippen molar-refractivity contribution in [2.45, 2.75) is 18.4 Å². The summed E-state index contributed by atoms with van der Waals surface area (Å²) >= 11 is 0. The maximum Gasteiger partial charge on any atom is 0.203 e. The van der Waals surface area contributed by atoms with Crippen LogP contribution in [0.15, 0.2) is 42.5 Å². The van der Waals surface area contributed by atoms with Crippen LogP contribution in [0.5, 0.6) is 17.2 Å². The fourth-order valence-corrected chi connectivity index (χ4v) is 4.19. The minimum Gasteiger partial charge on any atom is -0.493 e. The lowest BCUT2D eigenvalue weighted by Gasteiger charge is -2.37. The first kappa shape index (κ1) is 16.8. The van der Waals surface area contributed by atoms with Gasteiger partial charge in [-0.05, 0) is 41.7 Å². The third-order valence-corrected chi connectivity index (χ3v) is 5.39. The number of nitrogens with one attached hydrogen (secondary N) is 1. The molecule has 3 unspecified atom stereocenters. The van der Waals surface area contributed by atoms with Gasteiger partial charge in [0.25, 0.3) is 0 Å². The Morgan fingerprint density at radius 1 is 1.04 bits per heavy atom. The summed E-state index contributed by atoms with van der Waals surface area (Å²) in [7, 11) is 4.79. The van der Waals surface area contributed by atoms with Gasteiger partial charge in [-0.25, -0.2) is 4.39 Å². The van der Waals surface area contributed by atoms with Gasteiger partial charge in [0.05, 0.1) is 33.1 Å². The van der Waals surface area contributed by atoms with Crippen LogP contribution in [0.2, 0.25) is 0 Å². The lowest BCUT2D eigenvalue weighted by molar-refractivity contribution is 0.322. The molecule has 2 aliphatic rings. The van der Waals surface area contributed by atoms with Crippen LogP contribution in [0.25, 0.3) is 0 Å². The van der Waals surface area contributed by atoms with Crippen molar-refractivity contribution in [1.82, 2.24) is 0 Å². The molecule has 2 aromatic rings. The number of halogens is 1. The Kier molecular flexibility index (Phi) is 4.23. The molecule has 4 rings (SSSR count). The maximum absolute atomic E-state index is 14.5. The van der Waals surface area contributed by atoms with E-state index in [1.807, 2.05) is 18.2 Å². The third-order valence-electron chi connectivity index (χ3n) is 5.39. The largest absolute Gasteiger partial charge is 0.493 e. The van der Waals surface area contributed by atoms with Gasteiger partial charge in [-0.1, -0.05) is 24.3 Å². The highest BCUT2D eigenvalue weighted by Gasteiger charge is 2.39. The van der Waals surface area contributed by atoms with Gasteiger partial charge in [0.1, 0.15) is 5.82 Å². The summed E-state index contributed by atoms with van der Waals surface area (Å²) in [5.41, 5.74) is 2.60. The predicted molar refractivity (Wildman–Crippen MR) is 98.8 cm³/mol. The SMILES string of the molecule is COc1cc(C2Nc3c(F)cccc3C3C=CCC32)cc(OC)c1OC. The fraction of sp³-hybridized carbons (Fsp3) is 0.333. The minimum atomic E-state index is -0.223. The van der Waals surface area contributed by atoms with E-state index in [0.29, 0.717) is 28.9 Å². The Bertz CT molecular complexity index is 839. The van der Waals surface area contributed by atoms with E-state index in [0.717, 1.165) is 17.5 Å². The molecule has 0 spiro atoms. The molecule has 0 radical (unpaired) electrons. The van der Waals surface area contributed by atoms with E-state index in [9.17, 15) is 4.39 Å². The van der Waals surface area contributed by atoms with Crippen LogP contribution in [0, 0.1) is 11.7 Å². The number of hydrogen-bond acceptors (Lipinski definition) is 4. The second kappa shape index (κ2) is 6.56. The van der Waals surface area contributed by atoms with Gasteiger partial charge in [-0.3, -0.25) is 0 Å². The van der Waals surface area contributed by atoms with Gasteiger partial charge in [0, 0.05) is 5.92 Å². The second-order valence-corrected chi connectivity index (χ2v) is 6.64. The number of hydrogen-bond donors (Lipinski definition) is 1. The van der Waals surface area contributed by atoms with Crippen molar-refractivity contribution in [2.75, 3.05) is 26.6 Å². The molecule has 1 aliphatic heterocycles. The zero-order valence-corrected chi connectivity index (χ0v) is 15.1. The van der Waals surface area contributed by atoms with E-state index in [4.69, 9.17) is 14.2 Å². The van der Waals surface area contributed by atoms with Crippen LogP contribution in [0.4, 0.5) is 10.1 Å². The van der Waals surface area contributed by atoms with Gasteiger partial charge in [-0.2, -0.15) is 0 Å². The van der Waals surface area contributed by atoms with Gasteiger partial charge in [0.2, 0.25) is 5.75 Å². The van der Waals surface area contributed by atoms with Crippen LogP contribution in [-0.2, 0) is 0 Å². The lowest BCUT2D eigenvalue weighted by atomic mass is 9.77. The number of fused-ring (bicyclic) bond motifs is 3. The van der Waals surface area contributed by atoms with E-state index in [2.05, 4.69) is 17.5 Å². The number of ether oxygens (including phenoxy) is 3. The topological polar surface area (TPSA) is 39.7 Å². The van der Waals surface area contributed by atoms with Gasteiger partial charge in [0.15, 0.2) is 11.5 Å². The van der Waals surface area contributed by atoms with Crippen LogP contribution in [-0.4, -0.2) is 21.3 Å². The molecule has 0 amide bonds. The van der Waals surface area contributed by atoms with Crippen molar-refractivity contribution in [2.24, 2.45) is 5.92 Å². The average molecular weight is 355 g/mol. The number of allylic oxidation sites excluding steroid dienone is 2. The van der Waals surface area contributed by atoms with E-state index in [1.165, 1.54) is 6.07 Å². The average Bonchev–Trinajstić information content (AvgIpc) is 3.16. The third kappa shape index (κ3) is 2.50.